The number of alkyl halides is 3. The lowest BCUT2D eigenvalue weighted by molar-refractivity contribution is -0.142. The molecule has 0 aliphatic heterocycles. The van der Waals surface area contributed by atoms with Gasteiger partial charge in [0, 0.05) is 6.54 Å². The maximum atomic E-state index is 12.8. The van der Waals surface area contributed by atoms with E-state index in [0.717, 1.165) is 0 Å². The molecule has 1 rings (SSSR count). The number of ketones is 1. The summed E-state index contributed by atoms with van der Waals surface area (Å²) >= 11 is 0. The number of hydrogen-bond donors (Lipinski definition) is 2. The molecule has 6 nitrogen and oxygen atoms in total. The van der Waals surface area contributed by atoms with Crippen molar-refractivity contribution in [2.45, 2.75) is 32.9 Å². The zero-order valence-electron chi connectivity index (χ0n) is 12.7. The molecule has 0 fully saturated rings. The van der Waals surface area contributed by atoms with Crippen LogP contribution >= 0.6 is 0 Å². The maximum Gasteiger partial charge on any atom is 0.421 e. The van der Waals surface area contributed by atoms with Crippen LogP contribution in [0.25, 0.3) is 0 Å². The number of aromatic nitrogens is 1. The lowest BCUT2D eigenvalue weighted by Gasteiger charge is -2.13. The van der Waals surface area contributed by atoms with Crippen molar-refractivity contribution in [3.8, 4) is 0 Å². The van der Waals surface area contributed by atoms with Crippen LogP contribution in [0.4, 0.5) is 19.0 Å². The number of rotatable bonds is 7. The number of carbonyl (C=O) groups is 2. The van der Waals surface area contributed by atoms with Crippen molar-refractivity contribution in [3.63, 3.8) is 0 Å². The highest BCUT2D eigenvalue weighted by Gasteiger charge is 2.35. The average Bonchev–Trinajstić information content (AvgIpc) is 2.44. The minimum absolute atomic E-state index is 0.117. The van der Waals surface area contributed by atoms with Crippen LogP contribution in [0.1, 0.15) is 42.6 Å². The summed E-state index contributed by atoms with van der Waals surface area (Å²) in [7, 11) is 0. The second-order valence-electron chi connectivity index (χ2n) is 4.65. The fourth-order valence-electron chi connectivity index (χ4n) is 1.77. The van der Waals surface area contributed by atoms with Gasteiger partial charge < -0.3 is 15.0 Å². The minimum atomic E-state index is -4.91. The quantitative estimate of drug-likeness (QED) is 0.454. The van der Waals surface area contributed by atoms with Crippen molar-refractivity contribution in [2.24, 2.45) is 0 Å². The molecule has 0 bridgehead atoms. The van der Waals surface area contributed by atoms with Gasteiger partial charge in [0.2, 0.25) is 0 Å². The van der Waals surface area contributed by atoms with E-state index in [2.05, 4.69) is 5.32 Å². The van der Waals surface area contributed by atoms with E-state index in [4.69, 9.17) is 4.74 Å². The summed E-state index contributed by atoms with van der Waals surface area (Å²) in [6.45, 7) is 3.78. The number of anilines is 1. The molecule has 0 aliphatic carbocycles. The van der Waals surface area contributed by atoms with Gasteiger partial charge in [-0.1, -0.05) is 6.92 Å². The molecule has 1 aromatic heterocycles. The molecule has 0 amide bonds. The number of hydrogen-bond acceptors (Lipinski definition) is 5. The predicted molar refractivity (Wildman–Crippen MR) is 76.4 cm³/mol. The maximum absolute atomic E-state index is 12.8. The van der Waals surface area contributed by atoms with Crippen molar-refractivity contribution < 1.29 is 27.5 Å². The molecular formula is C14H17F3N2O4. The van der Waals surface area contributed by atoms with E-state index in [1.165, 1.54) is 0 Å². The van der Waals surface area contributed by atoms with Crippen molar-refractivity contribution in [3.05, 3.63) is 27.5 Å². The van der Waals surface area contributed by atoms with Crippen LogP contribution in [0.5, 0.6) is 0 Å². The van der Waals surface area contributed by atoms with Crippen molar-refractivity contribution >= 4 is 17.6 Å². The Morgan fingerprint density at radius 1 is 1.30 bits per heavy atom. The van der Waals surface area contributed by atoms with E-state index in [-0.39, 0.29) is 19.0 Å². The lowest BCUT2D eigenvalue weighted by Crippen LogP contribution is -2.25. The number of halogens is 3. The Hall–Kier alpha value is -2.32. The van der Waals surface area contributed by atoms with Crippen LogP contribution in [0.3, 0.4) is 0 Å². The van der Waals surface area contributed by atoms with Gasteiger partial charge in [-0.15, -0.1) is 0 Å². The normalized spacial score (nSPS) is 11.2. The first-order valence-corrected chi connectivity index (χ1v) is 6.97. The number of Topliss-reactive ketones (excluding diaryl/α,β-unsaturated/α-hetero) is 1. The smallest absolute Gasteiger partial charge is 0.421 e. The number of aromatic amines is 1. The first-order chi connectivity index (χ1) is 10.7. The number of nitrogens with one attached hydrogen (secondary N) is 2. The second kappa shape index (κ2) is 7.80. The van der Waals surface area contributed by atoms with E-state index in [1.54, 1.807) is 13.8 Å². The highest BCUT2D eigenvalue weighted by molar-refractivity contribution is 6.08. The predicted octanol–water partition coefficient (Wildman–Crippen LogP) is 2.35. The Kier molecular flexibility index (Phi) is 6.35. The molecule has 128 valence electrons. The summed E-state index contributed by atoms with van der Waals surface area (Å²) in [6.07, 6.45) is -5.06. The van der Waals surface area contributed by atoms with Crippen molar-refractivity contribution in [1.82, 2.24) is 4.98 Å². The monoisotopic (exact) mass is 334 g/mol. The molecule has 0 aliphatic rings. The third-order valence-electron chi connectivity index (χ3n) is 2.77. The summed E-state index contributed by atoms with van der Waals surface area (Å²) in [4.78, 5) is 37.0. The van der Waals surface area contributed by atoms with Gasteiger partial charge in [-0.05, 0) is 19.4 Å². The number of ether oxygens (including phenoxy) is 1. The molecule has 23 heavy (non-hydrogen) atoms. The van der Waals surface area contributed by atoms with Gasteiger partial charge in [0.15, 0.2) is 5.78 Å². The fourth-order valence-corrected chi connectivity index (χ4v) is 1.77. The van der Waals surface area contributed by atoms with Crippen LogP contribution in [0.2, 0.25) is 0 Å². The van der Waals surface area contributed by atoms with Gasteiger partial charge in [-0.25, -0.2) is 0 Å². The van der Waals surface area contributed by atoms with E-state index in [0.29, 0.717) is 12.5 Å². The number of carbonyl (C=O) groups excluding carboxylic acids is 2. The Labute approximate surface area is 130 Å². The third kappa shape index (κ3) is 5.11. The van der Waals surface area contributed by atoms with E-state index in [1.807, 2.05) is 4.98 Å². The second-order valence-corrected chi connectivity index (χ2v) is 4.65. The van der Waals surface area contributed by atoms with Crippen LogP contribution in [-0.2, 0) is 15.7 Å². The molecule has 1 heterocycles. The summed E-state index contributed by atoms with van der Waals surface area (Å²) in [5.74, 6) is -1.86. The van der Waals surface area contributed by atoms with Crippen LogP contribution in [0.15, 0.2) is 10.9 Å². The number of pyridine rings is 1. The topological polar surface area (TPSA) is 88.3 Å². The molecule has 0 unspecified atom stereocenters. The molecule has 0 saturated carbocycles. The van der Waals surface area contributed by atoms with Gasteiger partial charge >= 0.3 is 12.1 Å². The summed E-state index contributed by atoms with van der Waals surface area (Å²) in [5, 5.41) is 2.60. The zero-order chi connectivity index (χ0) is 17.6. The van der Waals surface area contributed by atoms with Crippen LogP contribution in [0, 0.1) is 0 Å². The first kappa shape index (κ1) is 18.7. The molecule has 2 N–H and O–H groups in total. The number of esters is 1. The van der Waals surface area contributed by atoms with Gasteiger partial charge in [0.25, 0.3) is 5.56 Å². The summed E-state index contributed by atoms with van der Waals surface area (Å²) < 4.78 is 43.1. The fraction of sp³-hybridized carbons (Fsp3) is 0.500. The Balaban J connectivity index is 3.18. The largest absolute Gasteiger partial charge is 0.465 e. The molecule has 0 aromatic carbocycles. The molecule has 0 atom stereocenters. The average molecular weight is 334 g/mol. The summed E-state index contributed by atoms with van der Waals surface area (Å²) in [6, 6.07) is 0.451. The highest BCUT2D eigenvalue weighted by Crippen LogP contribution is 2.28. The SMILES string of the molecule is CCCOC(=O)CC(=O)c1cc(C(F)(F)F)c(=O)[nH]c1NCC. The van der Waals surface area contributed by atoms with Gasteiger partial charge in [0.1, 0.15) is 17.8 Å². The van der Waals surface area contributed by atoms with Gasteiger partial charge in [0.05, 0.1) is 12.2 Å². The van der Waals surface area contributed by atoms with Crippen molar-refractivity contribution in [1.29, 1.82) is 0 Å². The molecule has 0 spiro atoms. The molecule has 9 heteroatoms. The molecule has 1 aromatic rings. The third-order valence-corrected chi connectivity index (χ3v) is 2.77. The Bertz CT molecular complexity index is 638. The van der Waals surface area contributed by atoms with E-state index < -0.39 is 41.0 Å². The molecular weight excluding hydrogens is 317 g/mol. The molecule has 0 radical (unpaired) electrons. The van der Waals surface area contributed by atoms with E-state index in [9.17, 15) is 27.6 Å². The highest BCUT2D eigenvalue weighted by atomic mass is 19.4. The summed E-state index contributed by atoms with van der Waals surface area (Å²) in [5.41, 5.74) is -3.27. The minimum Gasteiger partial charge on any atom is -0.465 e. The standard InChI is InChI=1S/C14H17F3N2O4/c1-3-5-23-11(21)7-10(20)8-6-9(14(15,16)17)13(22)19-12(8)18-4-2/h6H,3-5,7H2,1-2H3,(H2,18,19,22). The van der Waals surface area contributed by atoms with E-state index >= 15 is 0 Å². The Morgan fingerprint density at radius 2 is 1.96 bits per heavy atom. The van der Waals surface area contributed by atoms with Crippen LogP contribution in [-0.4, -0.2) is 29.9 Å². The van der Waals surface area contributed by atoms with Gasteiger partial charge in [-0.3, -0.25) is 14.4 Å². The Morgan fingerprint density at radius 3 is 2.48 bits per heavy atom. The lowest BCUT2D eigenvalue weighted by atomic mass is 10.1. The zero-order valence-corrected chi connectivity index (χ0v) is 12.7. The molecule has 0 saturated heterocycles. The first-order valence-electron chi connectivity index (χ1n) is 6.97. The van der Waals surface area contributed by atoms with Crippen LogP contribution < -0.4 is 10.9 Å². The number of H-pyrrole nitrogens is 1. The van der Waals surface area contributed by atoms with Gasteiger partial charge in [-0.2, -0.15) is 13.2 Å². The van der Waals surface area contributed by atoms with Crippen molar-refractivity contribution in [2.75, 3.05) is 18.5 Å².